The van der Waals surface area contributed by atoms with Crippen LogP contribution in [0.5, 0.6) is 0 Å². The van der Waals surface area contributed by atoms with Gasteiger partial charge in [-0.15, -0.1) is 0 Å². The maximum atomic E-state index is 11.5. The number of thioether (sulfide) groups is 1. The van der Waals surface area contributed by atoms with Crippen molar-refractivity contribution in [1.29, 1.82) is 5.26 Å². The molecule has 74 valence electrons. The monoisotopic (exact) mass is 200 g/mol. The predicted octanol–water partition coefficient (Wildman–Crippen LogP) is 1.50. The van der Waals surface area contributed by atoms with Crippen molar-refractivity contribution < 1.29 is 4.79 Å². The summed E-state index contributed by atoms with van der Waals surface area (Å²) in [6.45, 7) is 4.05. The van der Waals surface area contributed by atoms with E-state index in [4.69, 9.17) is 5.26 Å². The smallest absolute Gasteiger partial charge is 0.224 e. The molecule has 13 heavy (non-hydrogen) atoms. The zero-order valence-corrected chi connectivity index (χ0v) is 9.23. The number of amides is 1. The Balaban J connectivity index is 4.05. The van der Waals surface area contributed by atoms with Crippen LogP contribution in [-0.4, -0.2) is 35.4 Å². The second kappa shape index (κ2) is 6.79. The fourth-order valence-electron chi connectivity index (χ4n) is 0.968. The molecule has 0 unspecified atom stereocenters. The van der Waals surface area contributed by atoms with E-state index >= 15 is 0 Å². The Kier molecular flexibility index (Phi) is 6.43. The van der Waals surface area contributed by atoms with Crippen LogP contribution >= 0.6 is 11.8 Å². The van der Waals surface area contributed by atoms with E-state index < -0.39 is 0 Å². The number of hydrogen-bond donors (Lipinski definition) is 0. The lowest BCUT2D eigenvalue weighted by molar-refractivity contribution is -0.131. The van der Waals surface area contributed by atoms with Crippen LogP contribution in [0.2, 0.25) is 0 Å². The summed E-state index contributed by atoms with van der Waals surface area (Å²) < 4.78 is 0. The van der Waals surface area contributed by atoms with E-state index in [0.717, 1.165) is 5.75 Å². The van der Waals surface area contributed by atoms with Crippen molar-refractivity contribution in [3.8, 4) is 6.07 Å². The number of nitrogens with zero attached hydrogens (tertiary/aromatic N) is 2. The van der Waals surface area contributed by atoms with Gasteiger partial charge in [-0.2, -0.15) is 17.0 Å². The summed E-state index contributed by atoms with van der Waals surface area (Å²) >= 11 is 1.65. The molecule has 0 atom stereocenters. The molecule has 0 bridgehead atoms. The normalized spacial score (nSPS) is 9.77. The topological polar surface area (TPSA) is 44.1 Å². The van der Waals surface area contributed by atoms with E-state index in [1.54, 1.807) is 16.7 Å². The van der Waals surface area contributed by atoms with Crippen molar-refractivity contribution in [2.75, 3.05) is 18.6 Å². The summed E-state index contributed by atoms with van der Waals surface area (Å²) in [6.07, 6.45) is 2.50. The molecule has 0 aromatic carbocycles. The molecule has 4 heteroatoms. The highest BCUT2D eigenvalue weighted by molar-refractivity contribution is 7.98. The molecule has 0 radical (unpaired) electrons. The van der Waals surface area contributed by atoms with Crippen molar-refractivity contribution in [3.63, 3.8) is 0 Å². The number of carbonyl (C=O) groups excluding carboxylic acids is 1. The van der Waals surface area contributed by atoms with Gasteiger partial charge in [0.25, 0.3) is 0 Å². The van der Waals surface area contributed by atoms with Gasteiger partial charge in [0.1, 0.15) is 6.54 Å². The molecular formula is C9H16N2OS. The molecule has 0 heterocycles. The van der Waals surface area contributed by atoms with Gasteiger partial charge in [0.15, 0.2) is 0 Å². The molecule has 0 aromatic heterocycles. The maximum Gasteiger partial charge on any atom is 0.224 e. The van der Waals surface area contributed by atoms with E-state index in [1.807, 2.05) is 26.2 Å². The summed E-state index contributed by atoms with van der Waals surface area (Å²) in [7, 11) is 0. The van der Waals surface area contributed by atoms with Crippen molar-refractivity contribution in [2.24, 2.45) is 0 Å². The van der Waals surface area contributed by atoms with Gasteiger partial charge in [-0.1, -0.05) is 0 Å². The molecule has 0 aromatic rings. The lowest BCUT2D eigenvalue weighted by Crippen LogP contribution is -2.37. The molecule has 1 amide bonds. The van der Waals surface area contributed by atoms with E-state index in [2.05, 4.69) is 0 Å². The van der Waals surface area contributed by atoms with Crippen LogP contribution < -0.4 is 0 Å². The van der Waals surface area contributed by atoms with E-state index in [9.17, 15) is 4.79 Å². The molecular weight excluding hydrogens is 184 g/mol. The highest BCUT2D eigenvalue weighted by atomic mass is 32.2. The summed E-state index contributed by atoms with van der Waals surface area (Å²) in [5, 5.41) is 8.51. The fraction of sp³-hybridized carbons (Fsp3) is 0.778. The van der Waals surface area contributed by atoms with Gasteiger partial charge in [-0.3, -0.25) is 4.79 Å². The summed E-state index contributed by atoms with van der Waals surface area (Å²) in [5.74, 6) is 0.902. The zero-order valence-electron chi connectivity index (χ0n) is 8.41. The first-order valence-corrected chi connectivity index (χ1v) is 5.68. The van der Waals surface area contributed by atoms with Crippen LogP contribution in [0.3, 0.4) is 0 Å². The Morgan fingerprint density at radius 1 is 1.62 bits per heavy atom. The third-order valence-corrected chi connectivity index (χ3v) is 2.32. The summed E-state index contributed by atoms with van der Waals surface area (Å²) in [4.78, 5) is 13.1. The number of carbonyl (C=O) groups is 1. The maximum absolute atomic E-state index is 11.5. The Morgan fingerprint density at radius 2 is 2.23 bits per heavy atom. The lowest BCUT2D eigenvalue weighted by Gasteiger charge is -2.23. The Bertz CT molecular complexity index is 198. The lowest BCUT2D eigenvalue weighted by atomic mass is 10.3. The minimum absolute atomic E-state index is 0.0749. The average molecular weight is 200 g/mol. The van der Waals surface area contributed by atoms with E-state index in [-0.39, 0.29) is 18.5 Å². The highest BCUT2D eigenvalue weighted by Crippen LogP contribution is 2.04. The van der Waals surface area contributed by atoms with Crippen LogP contribution in [0, 0.1) is 11.3 Å². The van der Waals surface area contributed by atoms with Gasteiger partial charge in [0.05, 0.1) is 6.07 Å². The van der Waals surface area contributed by atoms with Crippen LogP contribution in [0.1, 0.15) is 20.3 Å². The molecule has 0 spiro atoms. The molecule has 0 N–H and O–H groups in total. The minimum Gasteiger partial charge on any atom is -0.327 e. The molecule has 0 rings (SSSR count). The first kappa shape index (κ1) is 12.3. The van der Waals surface area contributed by atoms with Crippen molar-refractivity contribution in [1.82, 2.24) is 4.90 Å². The zero-order chi connectivity index (χ0) is 10.3. The standard InChI is InChI=1S/C9H16N2OS/c1-8(2)11(6-5-10)9(12)4-7-13-3/h8H,4,6-7H2,1-3H3. The largest absolute Gasteiger partial charge is 0.327 e. The average Bonchev–Trinajstić information content (AvgIpc) is 2.09. The quantitative estimate of drug-likeness (QED) is 0.632. The second-order valence-corrected chi connectivity index (χ2v) is 4.00. The SMILES string of the molecule is CSCCC(=O)N(CC#N)C(C)C. The fourth-order valence-corrected chi connectivity index (χ4v) is 1.35. The van der Waals surface area contributed by atoms with Gasteiger partial charge in [0, 0.05) is 18.2 Å². The third-order valence-electron chi connectivity index (χ3n) is 1.70. The first-order valence-electron chi connectivity index (χ1n) is 4.28. The Morgan fingerprint density at radius 3 is 2.62 bits per heavy atom. The Hall–Kier alpha value is -0.690. The molecule has 3 nitrogen and oxygen atoms in total. The Labute approximate surface area is 84.1 Å². The van der Waals surface area contributed by atoms with Crippen LogP contribution in [-0.2, 0) is 4.79 Å². The molecule has 0 aliphatic carbocycles. The second-order valence-electron chi connectivity index (χ2n) is 3.02. The number of nitriles is 1. The third kappa shape index (κ3) is 4.79. The minimum atomic E-state index is 0.0749. The van der Waals surface area contributed by atoms with Crippen molar-refractivity contribution >= 4 is 17.7 Å². The predicted molar refractivity (Wildman–Crippen MR) is 55.5 cm³/mol. The first-order chi connectivity index (χ1) is 6.13. The van der Waals surface area contributed by atoms with Crippen LogP contribution in [0.25, 0.3) is 0 Å². The van der Waals surface area contributed by atoms with E-state index in [1.165, 1.54) is 0 Å². The van der Waals surface area contributed by atoms with E-state index in [0.29, 0.717) is 6.42 Å². The molecule has 0 saturated heterocycles. The molecule has 0 fully saturated rings. The summed E-state index contributed by atoms with van der Waals surface area (Å²) in [5.41, 5.74) is 0. The summed E-state index contributed by atoms with van der Waals surface area (Å²) in [6, 6.07) is 2.12. The van der Waals surface area contributed by atoms with Gasteiger partial charge >= 0.3 is 0 Å². The van der Waals surface area contributed by atoms with Gasteiger partial charge in [-0.05, 0) is 20.1 Å². The van der Waals surface area contributed by atoms with Gasteiger partial charge in [0.2, 0.25) is 5.91 Å². The molecule has 0 saturated carbocycles. The molecule has 0 aliphatic rings. The van der Waals surface area contributed by atoms with Crippen molar-refractivity contribution in [2.45, 2.75) is 26.3 Å². The van der Waals surface area contributed by atoms with Crippen LogP contribution in [0.4, 0.5) is 0 Å². The molecule has 0 aliphatic heterocycles. The van der Waals surface area contributed by atoms with Crippen LogP contribution in [0.15, 0.2) is 0 Å². The number of rotatable bonds is 5. The number of hydrogen-bond acceptors (Lipinski definition) is 3. The van der Waals surface area contributed by atoms with Gasteiger partial charge in [-0.25, -0.2) is 0 Å². The highest BCUT2D eigenvalue weighted by Gasteiger charge is 2.15. The van der Waals surface area contributed by atoms with Gasteiger partial charge < -0.3 is 4.90 Å². The van der Waals surface area contributed by atoms with Crippen molar-refractivity contribution in [3.05, 3.63) is 0 Å².